The molecule has 1 aliphatic carbocycles. The van der Waals surface area contributed by atoms with E-state index in [0.29, 0.717) is 11.6 Å². The number of aliphatic hydroxyl groups is 1. The van der Waals surface area contributed by atoms with Gasteiger partial charge >= 0.3 is 0 Å². The van der Waals surface area contributed by atoms with Gasteiger partial charge in [0.25, 0.3) is 0 Å². The van der Waals surface area contributed by atoms with E-state index in [1.165, 1.54) is 6.33 Å². The average molecular weight is 253 g/mol. The molecule has 0 aromatic carbocycles. The number of nitrogens with one attached hydrogen (secondary N) is 1. The summed E-state index contributed by atoms with van der Waals surface area (Å²) in [4.78, 5) is 7.74. The predicted octanol–water partition coefficient (Wildman–Crippen LogP) is 2.28. The molecule has 0 bridgehead atoms. The summed E-state index contributed by atoms with van der Waals surface area (Å²) in [5.74, 6) is 0.443. The van der Waals surface area contributed by atoms with Gasteiger partial charge in [0.15, 0.2) is 11.6 Å². The van der Waals surface area contributed by atoms with Crippen molar-refractivity contribution in [3.8, 4) is 0 Å². The molecule has 5 heteroatoms. The molecule has 1 aromatic heterocycles. The lowest BCUT2D eigenvalue weighted by Crippen LogP contribution is -2.45. The molecule has 18 heavy (non-hydrogen) atoms. The Labute approximate surface area is 107 Å². The van der Waals surface area contributed by atoms with E-state index >= 15 is 0 Å². The summed E-state index contributed by atoms with van der Waals surface area (Å²) in [5, 5.41) is 12.7. The number of hydrogen-bond acceptors (Lipinski definition) is 4. The number of aryl methyl sites for hydroxylation is 1. The van der Waals surface area contributed by atoms with Gasteiger partial charge in [0.1, 0.15) is 6.33 Å². The fraction of sp³-hybridized carbons (Fsp3) is 0.692. The van der Waals surface area contributed by atoms with Crippen LogP contribution in [0.15, 0.2) is 6.33 Å². The Kier molecular flexibility index (Phi) is 3.80. The van der Waals surface area contributed by atoms with Gasteiger partial charge in [-0.1, -0.05) is 6.92 Å². The molecule has 1 aromatic rings. The quantitative estimate of drug-likeness (QED) is 0.867. The van der Waals surface area contributed by atoms with Crippen molar-refractivity contribution in [3.63, 3.8) is 0 Å². The van der Waals surface area contributed by atoms with Crippen molar-refractivity contribution in [1.82, 2.24) is 9.97 Å². The molecular formula is C13H20FN3O. The highest BCUT2D eigenvalue weighted by atomic mass is 19.1. The molecule has 0 atom stereocenters. The number of anilines is 1. The molecule has 0 saturated heterocycles. The van der Waals surface area contributed by atoms with Gasteiger partial charge in [-0.05, 0) is 38.5 Å². The van der Waals surface area contributed by atoms with Crippen LogP contribution >= 0.6 is 0 Å². The topological polar surface area (TPSA) is 58.0 Å². The smallest absolute Gasteiger partial charge is 0.186 e. The van der Waals surface area contributed by atoms with E-state index < -0.39 is 11.4 Å². The first-order valence-electron chi connectivity index (χ1n) is 6.42. The van der Waals surface area contributed by atoms with Crippen LogP contribution in [0.3, 0.4) is 0 Å². The maximum Gasteiger partial charge on any atom is 0.186 e. The molecule has 0 aliphatic heterocycles. The van der Waals surface area contributed by atoms with Crippen LogP contribution in [-0.4, -0.2) is 27.2 Å². The highest BCUT2D eigenvalue weighted by Gasteiger charge is 2.34. The SMILES string of the molecule is Cc1ncnc(NC2(CO)CCC(C)CC2)c1F. The minimum Gasteiger partial charge on any atom is -0.394 e. The third kappa shape index (κ3) is 2.61. The van der Waals surface area contributed by atoms with Gasteiger partial charge in [-0.3, -0.25) is 0 Å². The van der Waals surface area contributed by atoms with Crippen LogP contribution in [0.1, 0.15) is 38.3 Å². The Morgan fingerprint density at radius 2 is 2.11 bits per heavy atom. The molecule has 100 valence electrons. The van der Waals surface area contributed by atoms with Gasteiger partial charge in [0, 0.05) is 0 Å². The molecule has 0 spiro atoms. The summed E-state index contributed by atoms with van der Waals surface area (Å²) in [6, 6.07) is 0. The molecular weight excluding hydrogens is 233 g/mol. The third-order valence-corrected chi connectivity index (χ3v) is 3.88. The van der Waals surface area contributed by atoms with Crippen molar-refractivity contribution < 1.29 is 9.50 Å². The summed E-state index contributed by atoms with van der Waals surface area (Å²) in [5.41, 5.74) is -0.113. The lowest BCUT2D eigenvalue weighted by Gasteiger charge is -2.39. The molecule has 2 rings (SSSR count). The maximum absolute atomic E-state index is 13.9. The van der Waals surface area contributed by atoms with Crippen LogP contribution in [0, 0.1) is 18.7 Å². The summed E-state index contributed by atoms with van der Waals surface area (Å²) in [6.07, 6.45) is 5.11. The Morgan fingerprint density at radius 1 is 1.44 bits per heavy atom. The minimum absolute atomic E-state index is 0.00219. The van der Waals surface area contributed by atoms with E-state index in [0.717, 1.165) is 25.7 Å². The first kappa shape index (κ1) is 13.2. The first-order valence-corrected chi connectivity index (χ1v) is 6.42. The monoisotopic (exact) mass is 253 g/mol. The number of hydrogen-bond donors (Lipinski definition) is 2. The van der Waals surface area contributed by atoms with Crippen LogP contribution in [0.25, 0.3) is 0 Å². The summed E-state index contributed by atoms with van der Waals surface area (Å²) < 4.78 is 13.9. The Hall–Kier alpha value is -1.23. The van der Waals surface area contributed by atoms with Crippen LogP contribution in [0.4, 0.5) is 10.2 Å². The van der Waals surface area contributed by atoms with E-state index in [4.69, 9.17) is 0 Å². The number of aromatic nitrogens is 2. The maximum atomic E-state index is 13.9. The van der Waals surface area contributed by atoms with E-state index in [1.807, 2.05) is 0 Å². The Bertz CT molecular complexity index is 417. The van der Waals surface area contributed by atoms with Crippen LogP contribution < -0.4 is 5.32 Å². The van der Waals surface area contributed by atoms with Crippen molar-refractivity contribution in [2.75, 3.05) is 11.9 Å². The van der Waals surface area contributed by atoms with Crippen molar-refractivity contribution in [3.05, 3.63) is 17.8 Å². The first-order chi connectivity index (χ1) is 8.56. The Morgan fingerprint density at radius 3 is 2.72 bits per heavy atom. The van der Waals surface area contributed by atoms with Gasteiger partial charge in [0.2, 0.25) is 0 Å². The third-order valence-electron chi connectivity index (χ3n) is 3.88. The zero-order valence-corrected chi connectivity index (χ0v) is 10.9. The molecule has 4 nitrogen and oxygen atoms in total. The normalized spacial score (nSPS) is 28.1. The van der Waals surface area contributed by atoms with Gasteiger partial charge < -0.3 is 10.4 Å². The second-order valence-electron chi connectivity index (χ2n) is 5.37. The van der Waals surface area contributed by atoms with Crippen molar-refractivity contribution >= 4 is 5.82 Å². The molecule has 0 unspecified atom stereocenters. The molecule has 1 fully saturated rings. The second-order valence-corrected chi connectivity index (χ2v) is 5.37. The van der Waals surface area contributed by atoms with E-state index in [2.05, 4.69) is 22.2 Å². The Balaban J connectivity index is 2.17. The summed E-state index contributed by atoms with van der Waals surface area (Å²) >= 11 is 0. The fourth-order valence-corrected chi connectivity index (χ4v) is 2.43. The lowest BCUT2D eigenvalue weighted by molar-refractivity contribution is 0.154. The van der Waals surface area contributed by atoms with Crippen molar-refractivity contribution in [2.45, 2.75) is 45.1 Å². The van der Waals surface area contributed by atoms with Crippen LogP contribution in [0.2, 0.25) is 0 Å². The van der Waals surface area contributed by atoms with Crippen molar-refractivity contribution in [1.29, 1.82) is 0 Å². The van der Waals surface area contributed by atoms with Gasteiger partial charge in [-0.15, -0.1) is 0 Å². The zero-order chi connectivity index (χ0) is 13.2. The fourth-order valence-electron chi connectivity index (χ4n) is 2.43. The number of aliphatic hydroxyl groups excluding tert-OH is 1. The van der Waals surface area contributed by atoms with Gasteiger partial charge in [-0.2, -0.15) is 0 Å². The lowest BCUT2D eigenvalue weighted by atomic mass is 9.77. The van der Waals surface area contributed by atoms with Gasteiger partial charge in [-0.25, -0.2) is 14.4 Å². The van der Waals surface area contributed by atoms with Crippen molar-refractivity contribution in [2.24, 2.45) is 5.92 Å². The second kappa shape index (κ2) is 5.18. The van der Waals surface area contributed by atoms with Crippen LogP contribution in [0.5, 0.6) is 0 Å². The molecule has 1 heterocycles. The number of rotatable bonds is 3. The standard InChI is InChI=1S/C13H20FN3O/c1-9-3-5-13(7-18,6-4-9)17-12-11(14)10(2)15-8-16-12/h8-9,18H,3-7H2,1-2H3,(H,15,16,17). The van der Waals surface area contributed by atoms with Crippen LogP contribution in [-0.2, 0) is 0 Å². The summed E-state index contributed by atoms with van der Waals surface area (Å²) in [7, 11) is 0. The van der Waals surface area contributed by atoms with E-state index in [1.54, 1.807) is 6.92 Å². The molecule has 1 saturated carbocycles. The van der Waals surface area contributed by atoms with Gasteiger partial charge in [0.05, 0.1) is 17.8 Å². The average Bonchev–Trinajstić information content (AvgIpc) is 2.38. The number of nitrogens with zero attached hydrogens (tertiary/aromatic N) is 2. The predicted molar refractivity (Wildman–Crippen MR) is 67.8 cm³/mol. The molecule has 1 aliphatic rings. The minimum atomic E-state index is -0.436. The van der Waals surface area contributed by atoms with E-state index in [-0.39, 0.29) is 12.4 Å². The molecule has 0 radical (unpaired) electrons. The highest BCUT2D eigenvalue weighted by Crippen LogP contribution is 2.34. The largest absolute Gasteiger partial charge is 0.394 e. The number of halogens is 1. The summed E-state index contributed by atoms with van der Waals surface area (Å²) in [6.45, 7) is 3.82. The molecule has 2 N–H and O–H groups in total. The zero-order valence-electron chi connectivity index (χ0n) is 10.9. The molecule has 0 amide bonds. The highest BCUT2D eigenvalue weighted by molar-refractivity contribution is 5.40. The van der Waals surface area contributed by atoms with E-state index in [9.17, 15) is 9.50 Å².